The van der Waals surface area contributed by atoms with E-state index in [1.54, 1.807) is 12.1 Å². The van der Waals surface area contributed by atoms with Crippen LogP contribution >= 0.6 is 23.2 Å². The second-order valence-electron chi connectivity index (χ2n) is 5.51. The van der Waals surface area contributed by atoms with Crippen molar-refractivity contribution in [1.82, 2.24) is 4.98 Å². The van der Waals surface area contributed by atoms with Crippen molar-refractivity contribution in [2.45, 2.75) is 0 Å². The lowest BCUT2D eigenvalue weighted by molar-refractivity contribution is 1.05. The fourth-order valence-corrected chi connectivity index (χ4v) is 3.36. The number of hydrazine groups is 1. The van der Waals surface area contributed by atoms with Crippen LogP contribution in [0.15, 0.2) is 63.0 Å². The molecule has 0 radical (unpaired) electrons. The second kappa shape index (κ2) is 8.13. The molecule has 144 valence electrons. The van der Waals surface area contributed by atoms with Gasteiger partial charge in [-0.15, -0.1) is 5.10 Å². The summed E-state index contributed by atoms with van der Waals surface area (Å²) in [4.78, 5) is 6.98. The summed E-state index contributed by atoms with van der Waals surface area (Å²) in [5, 5.41) is 12.5. The molecule has 1 aromatic heterocycles. The van der Waals surface area contributed by atoms with Gasteiger partial charge >= 0.3 is 0 Å². The first-order valence-electron chi connectivity index (χ1n) is 7.79. The van der Waals surface area contributed by atoms with E-state index in [9.17, 15) is 0 Å². The monoisotopic (exact) mass is 418 g/mol. The van der Waals surface area contributed by atoms with Crippen LogP contribution in [0.5, 0.6) is 0 Å². The molecule has 0 unspecified atom stereocenters. The Kier molecular flexibility index (Phi) is 5.64. The lowest BCUT2D eigenvalue weighted by Gasteiger charge is -2.19. The third-order valence-corrected chi connectivity index (χ3v) is 4.49. The van der Waals surface area contributed by atoms with Gasteiger partial charge in [0.15, 0.2) is 0 Å². The van der Waals surface area contributed by atoms with Crippen molar-refractivity contribution in [1.29, 1.82) is 0 Å². The SMILES string of the molecule is NN=NC(=NN)N=C(N)N(N)c1cc(Cl)c(-c2cccc3[nH]ccc23)c(Cl)c1. The summed E-state index contributed by atoms with van der Waals surface area (Å²) in [6.45, 7) is 0. The van der Waals surface area contributed by atoms with Crippen LogP contribution in [0.3, 0.4) is 0 Å². The van der Waals surface area contributed by atoms with Gasteiger partial charge in [0.05, 0.1) is 15.7 Å². The highest BCUT2D eigenvalue weighted by atomic mass is 35.5. The molecule has 0 fully saturated rings. The number of aromatic amines is 1. The van der Waals surface area contributed by atoms with Crippen molar-refractivity contribution in [2.75, 3.05) is 5.01 Å². The number of hydrogen-bond donors (Lipinski definition) is 5. The van der Waals surface area contributed by atoms with Gasteiger partial charge in [0.1, 0.15) is 0 Å². The average molecular weight is 419 g/mol. The number of nitrogens with one attached hydrogen (secondary N) is 1. The third kappa shape index (κ3) is 3.69. The van der Waals surface area contributed by atoms with E-state index >= 15 is 0 Å². The molecule has 0 amide bonds. The molecule has 2 aromatic carbocycles. The maximum Gasteiger partial charge on any atom is 0.290 e. The van der Waals surface area contributed by atoms with Crippen molar-refractivity contribution in [3.05, 3.63) is 52.6 Å². The zero-order valence-corrected chi connectivity index (χ0v) is 15.9. The van der Waals surface area contributed by atoms with E-state index in [1.807, 2.05) is 30.5 Å². The van der Waals surface area contributed by atoms with E-state index in [0.29, 0.717) is 21.3 Å². The molecule has 0 saturated heterocycles. The molecule has 3 rings (SSSR count). The summed E-state index contributed by atoms with van der Waals surface area (Å²) in [6, 6.07) is 11.0. The minimum atomic E-state index is -0.261. The molecule has 10 nitrogen and oxygen atoms in total. The van der Waals surface area contributed by atoms with Crippen molar-refractivity contribution in [2.24, 2.45) is 43.7 Å². The Hall–Kier alpha value is -3.34. The van der Waals surface area contributed by atoms with Crippen LogP contribution in [0.4, 0.5) is 5.69 Å². The van der Waals surface area contributed by atoms with Gasteiger partial charge in [-0.25, -0.2) is 10.9 Å². The van der Waals surface area contributed by atoms with E-state index < -0.39 is 0 Å². The summed E-state index contributed by atoms with van der Waals surface area (Å²) < 4.78 is 0. The molecule has 0 aliphatic carbocycles. The minimum absolute atomic E-state index is 0.177. The quantitative estimate of drug-likeness (QED) is 0.141. The Balaban J connectivity index is 2.03. The van der Waals surface area contributed by atoms with Crippen LogP contribution in [0, 0.1) is 0 Å². The topological polar surface area (TPSA) is 173 Å². The number of guanidine groups is 2. The maximum absolute atomic E-state index is 6.52. The van der Waals surface area contributed by atoms with E-state index in [2.05, 4.69) is 25.4 Å². The molecular formula is C16H16Cl2N10. The molecule has 0 atom stereocenters. The Bertz CT molecular complexity index is 1080. The van der Waals surface area contributed by atoms with Crippen molar-refractivity contribution in [3.8, 4) is 11.1 Å². The molecule has 1 heterocycles. The van der Waals surface area contributed by atoms with Gasteiger partial charge in [-0.2, -0.15) is 4.99 Å². The zero-order valence-electron chi connectivity index (χ0n) is 14.3. The Morgan fingerprint density at radius 2 is 1.79 bits per heavy atom. The number of nitrogens with two attached hydrogens (primary N) is 4. The summed E-state index contributed by atoms with van der Waals surface area (Å²) in [5.41, 5.74) is 8.75. The van der Waals surface area contributed by atoms with E-state index in [-0.39, 0.29) is 11.9 Å². The summed E-state index contributed by atoms with van der Waals surface area (Å²) >= 11 is 13.0. The van der Waals surface area contributed by atoms with E-state index in [1.165, 1.54) is 0 Å². The minimum Gasteiger partial charge on any atom is -0.368 e. The fourth-order valence-electron chi connectivity index (χ4n) is 2.68. The summed E-state index contributed by atoms with van der Waals surface area (Å²) in [5.74, 6) is 15.6. The number of rotatable bonds is 2. The molecule has 9 N–H and O–H groups in total. The lowest BCUT2D eigenvalue weighted by Crippen LogP contribution is -2.43. The third-order valence-electron chi connectivity index (χ3n) is 3.89. The zero-order chi connectivity index (χ0) is 20.3. The maximum atomic E-state index is 6.52. The fraction of sp³-hybridized carbons (Fsp3) is 0. The molecule has 28 heavy (non-hydrogen) atoms. The van der Waals surface area contributed by atoms with Gasteiger partial charge in [0.2, 0.25) is 5.96 Å². The summed E-state index contributed by atoms with van der Waals surface area (Å²) in [6.07, 6.45) is 1.85. The normalized spacial score (nSPS) is 12.8. The first kappa shape index (κ1) is 19.4. The number of aromatic nitrogens is 1. The Labute approximate surface area is 169 Å². The molecule has 3 aromatic rings. The number of H-pyrrole nitrogens is 1. The van der Waals surface area contributed by atoms with Crippen LogP contribution in [-0.2, 0) is 0 Å². The van der Waals surface area contributed by atoms with Crippen molar-refractivity contribution >= 4 is 51.7 Å². The molecule has 12 heteroatoms. The van der Waals surface area contributed by atoms with Crippen molar-refractivity contribution in [3.63, 3.8) is 0 Å². The first-order chi connectivity index (χ1) is 13.5. The average Bonchev–Trinajstić information content (AvgIpc) is 3.16. The number of anilines is 1. The number of nitrogens with zero attached hydrogens (tertiary/aromatic N) is 5. The Morgan fingerprint density at radius 1 is 1.07 bits per heavy atom. The van der Waals surface area contributed by atoms with Gasteiger partial charge in [0.25, 0.3) is 5.96 Å². The number of benzene rings is 2. The molecule has 0 spiro atoms. The number of hydrogen-bond acceptors (Lipinski definition) is 4. The molecule has 0 saturated carbocycles. The largest absolute Gasteiger partial charge is 0.368 e. The standard InChI is InChI=1S/C16H16Cl2N10/c17-11-6-8(28(22)15(19)24-16(25-20)26-27-21)7-12(18)14(11)10-2-1-3-13-9(10)4-5-23-13/h1-7,23H,20,22H2,(H4,19,21,24,25,26). The number of fused-ring (bicyclic) bond motifs is 1. The molecule has 0 bridgehead atoms. The Morgan fingerprint density at radius 3 is 2.43 bits per heavy atom. The highest BCUT2D eigenvalue weighted by Crippen LogP contribution is 2.40. The number of halogens is 2. The second-order valence-corrected chi connectivity index (χ2v) is 6.33. The van der Waals surface area contributed by atoms with Gasteiger partial charge in [0, 0.05) is 22.7 Å². The number of aliphatic imine (C=N–C) groups is 1. The summed E-state index contributed by atoms with van der Waals surface area (Å²) in [7, 11) is 0. The predicted molar refractivity (Wildman–Crippen MR) is 113 cm³/mol. The van der Waals surface area contributed by atoms with Crippen LogP contribution in [0.1, 0.15) is 0 Å². The van der Waals surface area contributed by atoms with Crippen LogP contribution in [-0.4, -0.2) is 16.9 Å². The van der Waals surface area contributed by atoms with E-state index in [4.69, 9.17) is 46.5 Å². The molecule has 0 aliphatic rings. The smallest absolute Gasteiger partial charge is 0.290 e. The molecule has 0 aliphatic heterocycles. The van der Waals surface area contributed by atoms with Crippen molar-refractivity contribution < 1.29 is 0 Å². The van der Waals surface area contributed by atoms with Gasteiger partial charge in [-0.3, -0.25) is 0 Å². The first-order valence-corrected chi connectivity index (χ1v) is 8.55. The van der Waals surface area contributed by atoms with E-state index in [0.717, 1.165) is 21.5 Å². The lowest BCUT2D eigenvalue weighted by atomic mass is 10.0. The van der Waals surface area contributed by atoms with Crippen LogP contribution < -0.4 is 28.3 Å². The van der Waals surface area contributed by atoms with Gasteiger partial charge in [-0.1, -0.05) is 45.7 Å². The highest BCUT2D eigenvalue weighted by Gasteiger charge is 2.17. The molecular weight excluding hydrogens is 403 g/mol. The van der Waals surface area contributed by atoms with Gasteiger partial charge in [-0.05, 0) is 29.8 Å². The van der Waals surface area contributed by atoms with Crippen LogP contribution in [0.2, 0.25) is 10.0 Å². The van der Waals surface area contributed by atoms with Gasteiger partial charge < -0.3 is 22.4 Å². The number of hydrazone groups is 1. The highest BCUT2D eigenvalue weighted by molar-refractivity contribution is 6.40. The van der Waals surface area contributed by atoms with Crippen LogP contribution in [0.25, 0.3) is 22.0 Å². The predicted octanol–water partition coefficient (Wildman–Crippen LogP) is 2.69.